The second kappa shape index (κ2) is 10.3. The predicted octanol–water partition coefficient (Wildman–Crippen LogP) is 3.19. The quantitative estimate of drug-likeness (QED) is 0.484. The molecule has 0 amide bonds. The van der Waals surface area contributed by atoms with E-state index in [1.54, 1.807) is 11.3 Å². The molecule has 146 valence electrons. The number of hydrogen-bond acceptors (Lipinski definition) is 5. The molecule has 0 atom stereocenters. The zero-order valence-corrected chi connectivity index (χ0v) is 17.0. The average Bonchev–Trinajstić information content (AvgIpc) is 3.42. The van der Waals surface area contributed by atoms with Crippen LogP contribution in [0.25, 0.3) is 0 Å². The highest BCUT2D eigenvalue weighted by molar-refractivity contribution is 7.11. The van der Waals surface area contributed by atoms with Gasteiger partial charge in [0.1, 0.15) is 0 Å². The van der Waals surface area contributed by atoms with Crippen LogP contribution in [0.15, 0.2) is 29.5 Å². The fraction of sp³-hybridized carbons (Fsp3) is 0.550. The third kappa shape index (κ3) is 6.82. The third-order valence-electron chi connectivity index (χ3n) is 4.31. The lowest BCUT2D eigenvalue weighted by Gasteiger charge is -2.10. The molecule has 7 heteroatoms. The smallest absolute Gasteiger partial charge is 0.213 e. The van der Waals surface area contributed by atoms with E-state index in [1.165, 1.54) is 22.7 Å². The monoisotopic (exact) mass is 387 g/mol. The van der Waals surface area contributed by atoms with E-state index in [2.05, 4.69) is 39.4 Å². The summed E-state index contributed by atoms with van der Waals surface area (Å²) in [5.41, 5.74) is 1.07. The summed E-state index contributed by atoms with van der Waals surface area (Å²) in [5, 5.41) is 7.83. The maximum atomic E-state index is 5.68. The molecule has 1 saturated carbocycles. The fourth-order valence-electron chi connectivity index (χ4n) is 2.50. The van der Waals surface area contributed by atoms with Crippen LogP contribution in [-0.4, -0.2) is 35.6 Å². The normalized spacial score (nSPS) is 14.2. The molecule has 0 spiro atoms. The van der Waals surface area contributed by atoms with Gasteiger partial charge in [0.15, 0.2) is 5.96 Å². The second-order valence-corrected chi connectivity index (χ2v) is 7.90. The Bertz CT molecular complexity index is 724. The van der Waals surface area contributed by atoms with Crippen molar-refractivity contribution in [3.8, 4) is 5.88 Å². The van der Waals surface area contributed by atoms with Crippen LogP contribution in [0.4, 0.5) is 0 Å². The topological polar surface area (TPSA) is 71.4 Å². The molecule has 0 aromatic carbocycles. The Morgan fingerprint density at radius 2 is 2.11 bits per heavy atom. The lowest BCUT2D eigenvalue weighted by molar-refractivity contribution is 0.288. The van der Waals surface area contributed by atoms with Gasteiger partial charge in [-0.15, -0.1) is 11.3 Å². The molecule has 1 aliphatic rings. The van der Waals surface area contributed by atoms with E-state index in [9.17, 15) is 0 Å². The number of ether oxygens (including phenoxy) is 1. The number of nitrogens with zero attached hydrogens (tertiary/aromatic N) is 3. The standard InChI is InChI=1S/C20H29N5OS/c1-3-17-13-24-19(27-17)9-10-22-20(21-4-2)25-12-16-7-8-18(23-11-16)26-14-15-5-6-15/h7-8,11,13,15H,3-6,9-10,12,14H2,1-2H3,(H2,21,22,25). The first-order valence-corrected chi connectivity index (χ1v) is 10.6. The van der Waals surface area contributed by atoms with Crippen LogP contribution in [-0.2, 0) is 19.4 Å². The Morgan fingerprint density at radius 1 is 1.22 bits per heavy atom. The minimum atomic E-state index is 0.586. The fourth-order valence-corrected chi connectivity index (χ4v) is 3.37. The summed E-state index contributed by atoms with van der Waals surface area (Å²) in [6.45, 7) is 7.25. The SMILES string of the molecule is CCNC(=NCc1ccc(OCC2CC2)nc1)NCCc1ncc(CC)s1. The first-order valence-electron chi connectivity index (χ1n) is 9.80. The molecule has 27 heavy (non-hydrogen) atoms. The summed E-state index contributed by atoms with van der Waals surface area (Å²) in [6.07, 6.45) is 8.35. The summed E-state index contributed by atoms with van der Waals surface area (Å²) < 4.78 is 5.68. The van der Waals surface area contributed by atoms with Gasteiger partial charge in [0.2, 0.25) is 5.88 Å². The highest BCUT2D eigenvalue weighted by atomic mass is 32.1. The molecule has 0 saturated heterocycles. The predicted molar refractivity (Wildman–Crippen MR) is 110 cm³/mol. The van der Waals surface area contributed by atoms with Gasteiger partial charge in [-0.2, -0.15) is 0 Å². The van der Waals surface area contributed by atoms with Crippen LogP contribution in [0.2, 0.25) is 0 Å². The van der Waals surface area contributed by atoms with Crippen LogP contribution in [0.5, 0.6) is 5.88 Å². The zero-order chi connectivity index (χ0) is 18.9. The molecule has 2 aromatic rings. The van der Waals surface area contributed by atoms with Gasteiger partial charge < -0.3 is 15.4 Å². The van der Waals surface area contributed by atoms with E-state index in [1.807, 2.05) is 24.5 Å². The van der Waals surface area contributed by atoms with E-state index in [0.717, 1.165) is 50.0 Å². The number of hydrogen-bond donors (Lipinski definition) is 2. The molecule has 2 N–H and O–H groups in total. The lowest BCUT2D eigenvalue weighted by Crippen LogP contribution is -2.38. The summed E-state index contributed by atoms with van der Waals surface area (Å²) in [7, 11) is 0. The summed E-state index contributed by atoms with van der Waals surface area (Å²) in [6, 6.07) is 3.96. The average molecular weight is 388 g/mol. The number of thiazole rings is 1. The van der Waals surface area contributed by atoms with Crippen molar-refractivity contribution in [3.63, 3.8) is 0 Å². The van der Waals surface area contributed by atoms with Gasteiger partial charge in [-0.05, 0) is 37.7 Å². The molecule has 1 aliphatic carbocycles. The highest BCUT2D eigenvalue weighted by Crippen LogP contribution is 2.29. The number of rotatable bonds is 10. The Hall–Kier alpha value is -2.15. The van der Waals surface area contributed by atoms with Gasteiger partial charge in [-0.1, -0.05) is 13.0 Å². The molecule has 6 nitrogen and oxygen atoms in total. The van der Waals surface area contributed by atoms with Crippen molar-refractivity contribution in [2.45, 2.75) is 46.1 Å². The largest absolute Gasteiger partial charge is 0.477 e. The van der Waals surface area contributed by atoms with Gasteiger partial charge in [-0.3, -0.25) is 0 Å². The first kappa shape index (κ1) is 19.6. The maximum absolute atomic E-state index is 5.68. The summed E-state index contributed by atoms with van der Waals surface area (Å²) >= 11 is 1.79. The van der Waals surface area contributed by atoms with Crippen molar-refractivity contribution >= 4 is 17.3 Å². The third-order valence-corrected chi connectivity index (χ3v) is 5.51. The Morgan fingerprint density at radius 3 is 2.78 bits per heavy atom. The van der Waals surface area contributed by atoms with Crippen LogP contribution >= 0.6 is 11.3 Å². The number of aryl methyl sites for hydroxylation is 1. The van der Waals surface area contributed by atoms with Crippen molar-refractivity contribution in [1.82, 2.24) is 20.6 Å². The van der Waals surface area contributed by atoms with Crippen molar-refractivity contribution in [3.05, 3.63) is 40.0 Å². The van der Waals surface area contributed by atoms with Crippen molar-refractivity contribution in [2.24, 2.45) is 10.9 Å². The van der Waals surface area contributed by atoms with E-state index < -0.39 is 0 Å². The summed E-state index contributed by atoms with van der Waals surface area (Å²) in [4.78, 5) is 14.8. The second-order valence-electron chi connectivity index (χ2n) is 6.70. The number of aliphatic imine (C=N–C) groups is 1. The molecule has 0 aliphatic heterocycles. The Kier molecular flexibility index (Phi) is 7.45. The molecule has 0 unspecified atom stereocenters. The highest BCUT2D eigenvalue weighted by Gasteiger charge is 2.21. The molecule has 2 aromatic heterocycles. The van der Waals surface area contributed by atoms with E-state index in [4.69, 9.17) is 4.74 Å². The number of aromatic nitrogens is 2. The minimum absolute atomic E-state index is 0.586. The van der Waals surface area contributed by atoms with Crippen molar-refractivity contribution < 1.29 is 4.74 Å². The molecule has 3 rings (SSSR count). The van der Waals surface area contributed by atoms with Crippen molar-refractivity contribution in [2.75, 3.05) is 19.7 Å². The Balaban J connectivity index is 1.45. The molecule has 1 fully saturated rings. The molecule has 0 radical (unpaired) electrons. The van der Waals surface area contributed by atoms with Gasteiger partial charge in [-0.25, -0.2) is 15.0 Å². The maximum Gasteiger partial charge on any atom is 0.213 e. The van der Waals surface area contributed by atoms with Gasteiger partial charge >= 0.3 is 0 Å². The van der Waals surface area contributed by atoms with Crippen molar-refractivity contribution in [1.29, 1.82) is 0 Å². The van der Waals surface area contributed by atoms with Gasteiger partial charge in [0.25, 0.3) is 0 Å². The number of guanidine groups is 1. The van der Waals surface area contributed by atoms with Crippen LogP contribution < -0.4 is 15.4 Å². The van der Waals surface area contributed by atoms with E-state index in [0.29, 0.717) is 12.4 Å². The summed E-state index contributed by atoms with van der Waals surface area (Å²) in [5.74, 6) is 2.26. The molecular formula is C20H29N5OS. The van der Waals surface area contributed by atoms with E-state index in [-0.39, 0.29) is 0 Å². The first-order chi connectivity index (χ1) is 13.3. The zero-order valence-electron chi connectivity index (χ0n) is 16.2. The molecule has 0 bridgehead atoms. The minimum Gasteiger partial charge on any atom is -0.477 e. The lowest BCUT2D eigenvalue weighted by atomic mass is 10.3. The van der Waals surface area contributed by atoms with Crippen LogP contribution in [0, 0.1) is 5.92 Å². The molecule has 2 heterocycles. The number of nitrogens with one attached hydrogen (secondary N) is 2. The van der Waals surface area contributed by atoms with Crippen LogP contribution in [0.1, 0.15) is 42.1 Å². The Labute approximate surface area is 165 Å². The van der Waals surface area contributed by atoms with Crippen LogP contribution in [0.3, 0.4) is 0 Å². The van der Waals surface area contributed by atoms with E-state index >= 15 is 0 Å². The molecular weight excluding hydrogens is 358 g/mol. The van der Waals surface area contributed by atoms with Gasteiger partial charge in [0.05, 0.1) is 18.2 Å². The van der Waals surface area contributed by atoms with Gasteiger partial charge in [0, 0.05) is 42.8 Å². The number of pyridine rings is 1.